The van der Waals surface area contributed by atoms with Gasteiger partial charge in [0.2, 0.25) is 0 Å². The van der Waals surface area contributed by atoms with Crippen molar-refractivity contribution in [3.8, 4) is 0 Å². The van der Waals surface area contributed by atoms with Crippen LogP contribution in [0.15, 0.2) is 18.2 Å². The molecule has 1 N–H and O–H groups in total. The molecule has 1 aliphatic rings. The smallest absolute Gasteiger partial charge is 0.146 e. The SMILES string of the molecule is CCC(C)CN(C)c1ccc(CNC2CC2)cc1F. The maximum atomic E-state index is 14.1. The Labute approximate surface area is 116 Å². The first-order valence-electron chi connectivity index (χ1n) is 7.33. The molecule has 106 valence electrons. The Morgan fingerprint density at radius 1 is 1.42 bits per heavy atom. The lowest BCUT2D eigenvalue weighted by atomic mass is 10.1. The van der Waals surface area contributed by atoms with E-state index >= 15 is 0 Å². The van der Waals surface area contributed by atoms with E-state index < -0.39 is 0 Å². The Kier molecular flexibility index (Phi) is 4.81. The van der Waals surface area contributed by atoms with Crippen molar-refractivity contribution in [1.82, 2.24) is 5.32 Å². The zero-order chi connectivity index (χ0) is 13.8. The summed E-state index contributed by atoms with van der Waals surface area (Å²) in [5.41, 5.74) is 1.74. The fraction of sp³-hybridized carbons (Fsp3) is 0.625. The Bertz CT molecular complexity index is 415. The third kappa shape index (κ3) is 4.20. The van der Waals surface area contributed by atoms with Gasteiger partial charge in [-0.1, -0.05) is 26.3 Å². The second-order valence-electron chi connectivity index (χ2n) is 5.83. The highest BCUT2D eigenvalue weighted by Gasteiger charge is 2.20. The standard InChI is InChI=1S/C16H25FN2/c1-4-12(2)11-19(3)16-8-5-13(9-15(16)17)10-18-14-6-7-14/h5,8-9,12,14,18H,4,6-7,10-11H2,1-3H3. The van der Waals surface area contributed by atoms with E-state index in [1.807, 2.05) is 24.1 Å². The van der Waals surface area contributed by atoms with Crippen LogP contribution in [-0.4, -0.2) is 19.6 Å². The molecule has 1 unspecified atom stereocenters. The van der Waals surface area contributed by atoms with Crippen LogP contribution >= 0.6 is 0 Å². The van der Waals surface area contributed by atoms with Crippen LogP contribution in [0.4, 0.5) is 10.1 Å². The van der Waals surface area contributed by atoms with Gasteiger partial charge in [-0.15, -0.1) is 0 Å². The average molecular weight is 264 g/mol. The van der Waals surface area contributed by atoms with E-state index in [1.54, 1.807) is 6.07 Å². The Morgan fingerprint density at radius 3 is 2.74 bits per heavy atom. The fourth-order valence-corrected chi connectivity index (χ4v) is 2.21. The van der Waals surface area contributed by atoms with Gasteiger partial charge in [0, 0.05) is 26.2 Å². The molecule has 0 aliphatic heterocycles. The molecule has 0 aromatic heterocycles. The van der Waals surface area contributed by atoms with Crippen LogP contribution < -0.4 is 10.2 Å². The highest BCUT2D eigenvalue weighted by Crippen LogP contribution is 2.22. The van der Waals surface area contributed by atoms with Crippen LogP contribution in [0.3, 0.4) is 0 Å². The van der Waals surface area contributed by atoms with Crippen LogP contribution in [0.2, 0.25) is 0 Å². The van der Waals surface area contributed by atoms with E-state index in [0.717, 1.165) is 25.1 Å². The highest BCUT2D eigenvalue weighted by atomic mass is 19.1. The second kappa shape index (κ2) is 6.38. The monoisotopic (exact) mass is 264 g/mol. The van der Waals surface area contributed by atoms with Crippen molar-refractivity contribution in [2.75, 3.05) is 18.5 Å². The average Bonchev–Trinajstić information content (AvgIpc) is 3.20. The number of hydrogen-bond acceptors (Lipinski definition) is 2. The number of nitrogens with one attached hydrogen (secondary N) is 1. The summed E-state index contributed by atoms with van der Waals surface area (Å²) in [7, 11) is 1.96. The van der Waals surface area contributed by atoms with E-state index in [1.165, 1.54) is 12.8 Å². The molecule has 2 rings (SSSR count). The van der Waals surface area contributed by atoms with Gasteiger partial charge >= 0.3 is 0 Å². The van der Waals surface area contributed by atoms with Gasteiger partial charge in [0.15, 0.2) is 0 Å². The van der Waals surface area contributed by atoms with Crippen LogP contribution in [0, 0.1) is 11.7 Å². The zero-order valence-corrected chi connectivity index (χ0v) is 12.2. The summed E-state index contributed by atoms with van der Waals surface area (Å²) < 4.78 is 14.1. The van der Waals surface area contributed by atoms with Gasteiger partial charge in [0.05, 0.1) is 5.69 Å². The van der Waals surface area contributed by atoms with Crippen LogP contribution in [0.1, 0.15) is 38.7 Å². The Balaban J connectivity index is 1.96. The van der Waals surface area contributed by atoms with Crippen molar-refractivity contribution in [2.45, 2.75) is 45.7 Å². The molecule has 3 heteroatoms. The second-order valence-corrected chi connectivity index (χ2v) is 5.83. The largest absolute Gasteiger partial charge is 0.372 e. The number of benzene rings is 1. The molecule has 0 bridgehead atoms. The number of nitrogens with zero attached hydrogens (tertiary/aromatic N) is 1. The number of hydrogen-bond donors (Lipinski definition) is 1. The van der Waals surface area contributed by atoms with Crippen LogP contribution in [0.25, 0.3) is 0 Å². The Morgan fingerprint density at radius 2 is 2.16 bits per heavy atom. The van der Waals surface area contributed by atoms with Crippen molar-refractivity contribution in [1.29, 1.82) is 0 Å². The minimum Gasteiger partial charge on any atom is -0.372 e. The third-order valence-corrected chi connectivity index (χ3v) is 3.88. The molecule has 0 saturated heterocycles. The van der Waals surface area contributed by atoms with E-state index in [9.17, 15) is 4.39 Å². The van der Waals surface area contributed by atoms with Crippen molar-refractivity contribution in [3.63, 3.8) is 0 Å². The summed E-state index contributed by atoms with van der Waals surface area (Å²) in [6.07, 6.45) is 3.64. The quantitative estimate of drug-likeness (QED) is 0.810. The van der Waals surface area contributed by atoms with E-state index in [4.69, 9.17) is 0 Å². The summed E-state index contributed by atoms with van der Waals surface area (Å²) in [5, 5.41) is 3.41. The van der Waals surface area contributed by atoms with E-state index in [0.29, 0.717) is 17.6 Å². The summed E-state index contributed by atoms with van der Waals surface area (Å²) in [4.78, 5) is 2.02. The van der Waals surface area contributed by atoms with E-state index in [2.05, 4.69) is 19.2 Å². The molecule has 0 radical (unpaired) electrons. The number of halogens is 1. The maximum absolute atomic E-state index is 14.1. The molecule has 19 heavy (non-hydrogen) atoms. The third-order valence-electron chi connectivity index (χ3n) is 3.88. The minimum atomic E-state index is -0.110. The van der Waals surface area contributed by atoms with Gasteiger partial charge in [0.1, 0.15) is 5.82 Å². The molecule has 2 nitrogen and oxygen atoms in total. The van der Waals surface area contributed by atoms with Gasteiger partial charge in [-0.05, 0) is 36.5 Å². The van der Waals surface area contributed by atoms with Crippen LogP contribution in [-0.2, 0) is 6.54 Å². The molecule has 0 heterocycles. The first-order valence-corrected chi connectivity index (χ1v) is 7.33. The molecule has 1 aromatic rings. The highest BCUT2D eigenvalue weighted by molar-refractivity contribution is 5.48. The van der Waals surface area contributed by atoms with Crippen molar-refractivity contribution >= 4 is 5.69 Å². The predicted octanol–water partition coefficient (Wildman–Crippen LogP) is 3.56. The van der Waals surface area contributed by atoms with Gasteiger partial charge in [-0.3, -0.25) is 0 Å². The van der Waals surface area contributed by atoms with Crippen LogP contribution in [0.5, 0.6) is 0 Å². The van der Waals surface area contributed by atoms with Crippen molar-refractivity contribution in [2.24, 2.45) is 5.92 Å². The summed E-state index contributed by atoms with van der Waals surface area (Å²) in [6.45, 7) is 6.04. The lowest BCUT2D eigenvalue weighted by Gasteiger charge is -2.23. The molecule has 1 fully saturated rings. The molecular weight excluding hydrogens is 239 g/mol. The lowest BCUT2D eigenvalue weighted by molar-refractivity contribution is 0.549. The molecule has 0 spiro atoms. The van der Waals surface area contributed by atoms with Crippen molar-refractivity contribution in [3.05, 3.63) is 29.6 Å². The first-order chi connectivity index (χ1) is 9.10. The fourth-order valence-electron chi connectivity index (χ4n) is 2.21. The zero-order valence-electron chi connectivity index (χ0n) is 12.2. The van der Waals surface area contributed by atoms with Gasteiger partial charge < -0.3 is 10.2 Å². The molecular formula is C16H25FN2. The van der Waals surface area contributed by atoms with Gasteiger partial charge in [0.25, 0.3) is 0 Å². The number of rotatable bonds is 7. The molecule has 1 atom stereocenters. The predicted molar refractivity (Wildman–Crippen MR) is 79.0 cm³/mol. The number of anilines is 1. The van der Waals surface area contributed by atoms with E-state index in [-0.39, 0.29) is 5.82 Å². The summed E-state index contributed by atoms with van der Waals surface area (Å²) >= 11 is 0. The summed E-state index contributed by atoms with van der Waals surface area (Å²) in [5.74, 6) is 0.474. The van der Waals surface area contributed by atoms with Gasteiger partial charge in [-0.25, -0.2) is 4.39 Å². The Hall–Kier alpha value is -1.09. The summed E-state index contributed by atoms with van der Waals surface area (Å²) in [6, 6.07) is 6.26. The van der Waals surface area contributed by atoms with Gasteiger partial charge in [-0.2, -0.15) is 0 Å². The molecule has 1 aliphatic carbocycles. The molecule has 0 amide bonds. The maximum Gasteiger partial charge on any atom is 0.146 e. The molecule has 1 saturated carbocycles. The first kappa shape index (κ1) is 14.3. The lowest BCUT2D eigenvalue weighted by Crippen LogP contribution is -2.24. The minimum absolute atomic E-state index is 0.110. The topological polar surface area (TPSA) is 15.3 Å². The normalized spacial score (nSPS) is 16.4. The van der Waals surface area contributed by atoms with Crippen molar-refractivity contribution < 1.29 is 4.39 Å². The molecule has 1 aromatic carbocycles.